The fourth-order valence-corrected chi connectivity index (χ4v) is 14.8. The summed E-state index contributed by atoms with van der Waals surface area (Å²) in [7, 11) is 1.80. The number of fused-ring (bicyclic) bond motifs is 4. The van der Waals surface area contributed by atoms with Crippen LogP contribution in [-0.4, -0.2) is 14.2 Å². The van der Waals surface area contributed by atoms with Crippen molar-refractivity contribution in [2.24, 2.45) is 0 Å². The fourth-order valence-electron chi connectivity index (χ4n) is 9.38. The number of hydrogen-bond donors (Lipinski definition) is 0. The maximum atomic E-state index is 6.46. The third kappa shape index (κ3) is 5.55. The molecule has 0 fully saturated rings. The van der Waals surface area contributed by atoms with Crippen molar-refractivity contribution in [1.29, 1.82) is 0 Å². The lowest BCUT2D eigenvalue weighted by molar-refractivity contribution is 0.350. The quantitative estimate of drug-likeness (QED) is 0.148. The molecule has 2 nitrogen and oxygen atoms in total. The second kappa shape index (κ2) is 13.1. The average Bonchev–Trinajstić information content (AvgIpc) is 3.53. The van der Waals surface area contributed by atoms with Gasteiger partial charge < -0.3 is 9.47 Å². The molecule has 0 amide bonds. The van der Waals surface area contributed by atoms with Gasteiger partial charge in [-0.3, -0.25) is 0 Å². The molecular formula is C47H46O2P2. The highest BCUT2D eigenvalue weighted by molar-refractivity contribution is 7.80. The van der Waals surface area contributed by atoms with Crippen molar-refractivity contribution in [2.45, 2.75) is 56.8 Å². The first-order valence-corrected chi connectivity index (χ1v) is 20.6. The minimum absolute atomic E-state index is 0.0645. The van der Waals surface area contributed by atoms with Crippen LogP contribution in [0.15, 0.2) is 146 Å². The molecule has 1 spiro atoms. The van der Waals surface area contributed by atoms with E-state index in [1.54, 1.807) is 0 Å². The van der Waals surface area contributed by atoms with Crippen molar-refractivity contribution in [2.75, 3.05) is 14.2 Å². The lowest BCUT2D eigenvalue weighted by atomic mass is 9.72. The standard InChI is InChI=1S/C47H46O2P2/c1-45(2)31-47(41-37(45)27-29-39(48-5)43(41)50(33-19-11-7-12-20-33)34-21-13-8-14-22-34)32-46(3,4)38-28-30-40(49-6)44(42(38)47)51(35-23-15-9-16-24-35)36-25-17-10-18-26-36/h7-30H,31-32H2,1-6H3. The predicted molar refractivity (Wildman–Crippen MR) is 219 cm³/mol. The van der Waals surface area contributed by atoms with Crippen molar-refractivity contribution < 1.29 is 9.47 Å². The number of ether oxygens (including phenoxy) is 2. The van der Waals surface area contributed by atoms with Gasteiger partial charge in [-0.05, 0) is 95.1 Å². The Balaban J connectivity index is 1.52. The molecule has 0 aliphatic heterocycles. The summed E-state index contributed by atoms with van der Waals surface area (Å²) in [5, 5.41) is 8.06. The largest absolute Gasteiger partial charge is 0.496 e. The first kappa shape index (κ1) is 33.9. The summed E-state index contributed by atoms with van der Waals surface area (Å²) in [6, 6.07) is 53.8. The lowest BCUT2D eigenvalue weighted by Crippen LogP contribution is -2.37. The third-order valence-corrected chi connectivity index (χ3v) is 16.2. The van der Waals surface area contributed by atoms with Gasteiger partial charge in [0.05, 0.1) is 14.2 Å². The number of methoxy groups -OCH3 is 2. The van der Waals surface area contributed by atoms with E-state index in [0.717, 1.165) is 24.3 Å². The van der Waals surface area contributed by atoms with Gasteiger partial charge >= 0.3 is 0 Å². The SMILES string of the molecule is COc1ccc2c(c1P(c1ccccc1)c1ccccc1)C1(CC2(C)C)CC(C)(C)c2ccc(OC)c(P(c3ccccc3)c3ccccc3)c21. The molecule has 2 aliphatic rings. The van der Waals surface area contributed by atoms with Gasteiger partial charge in [-0.2, -0.15) is 0 Å². The smallest absolute Gasteiger partial charge is 0.127 e. The molecule has 0 saturated heterocycles. The second-order valence-corrected chi connectivity index (χ2v) is 19.6. The highest BCUT2D eigenvalue weighted by atomic mass is 31.1. The molecule has 0 atom stereocenters. The first-order valence-electron chi connectivity index (χ1n) is 17.9. The highest BCUT2D eigenvalue weighted by Gasteiger charge is 2.59. The van der Waals surface area contributed by atoms with E-state index in [-0.39, 0.29) is 16.2 Å². The minimum atomic E-state index is -0.954. The Labute approximate surface area is 306 Å². The molecule has 0 bridgehead atoms. The topological polar surface area (TPSA) is 18.5 Å². The van der Waals surface area contributed by atoms with E-state index >= 15 is 0 Å². The molecule has 2 aliphatic carbocycles. The number of hydrogen-bond acceptors (Lipinski definition) is 2. The Morgan fingerprint density at radius 1 is 0.412 bits per heavy atom. The van der Waals surface area contributed by atoms with E-state index in [4.69, 9.17) is 9.47 Å². The highest BCUT2D eigenvalue weighted by Crippen LogP contribution is 2.65. The van der Waals surface area contributed by atoms with Crippen molar-refractivity contribution >= 4 is 47.7 Å². The van der Waals surface area contributed by atoms with Gasteiger partial charge in [-0.1, -0.05) is 161 Å². The zero-order valence-electron chi connectivity index (χ0n) is 30.5. The summed E-state index contributed by atoms with van der Waals surface area (Å²) < 4.78 is 12.9. The van der Waals surface area contributed by atoms with Crippen LogP contribution in [0.25, 0.3) is 0 Å². The zero-order chi connectivity index (χ0) is 35.4. The molecule has 6 aromatic carbocycles. The molecule has 4 heteroatoms. The Bertz CT molecular complexity index is 1940. The van der Waals surface area contributed by atoms with Crippen LogP contribution in [0.5, 0.6) is 11.5 Å². The molecule has 6 aromatic rings. The molecule has 0 aromatic heterocycles. The van der Waals surface area contributed by atoms with Crippen LogP contribution in [0.1, 0.15) is 62.8 Å². The van der Waals surface area contributed by atoms with Crippen LogP contribution in [0, 0.1) is 0 Å². The lowest BCUT2D eigenvalue weighted by Gasteiger charge is -2.36. The molecule has 0 radical (unpaired) electrons. The van der Waals surface area contributed by atoms with Gasteiger partial charge in [0, 0.05) is 16.0 Å². The first-order chi connectivity index (χ1) is 24.7. The molecule has 8 rings (SSSR count). The Morgan fingerprint density at radius 2 is 0.706 bits per heavy atom. The normalized spacial score (nSPS) is 16.3. The van der Waals surface area contributed by atoms with Crippen LogP contribution in [0.2, 0.25) is 0 Å². The van der Waals surface area contributed by atoms with Gasteiger partial charge in [-0.15, -0.1) is 0 Å². The van der Waals surface area contributed by atoms with E-state index in [9.17, 15) is 0 Å². The maximum Gasteiger partial charge on any atom is 0.127 e. The molecule has 0 unspecified atom stereocenters. The number of benzene rings is 6. The molecule has 51 heavy (non-hydrogen) atoms. The fraction of sp³-hybridized carbons (Fsp3) is 0.234. The van der Waals surface area contributed by atoms with E-state index < -0.39 is 15.8 Å². The van der Waals surface area contributed by atoms with Gasteiger partial charge in [0.15, 0.2) is 0 Å². The van der Waals surface area contributed by atoms with Crippen molar-refractivity contribution in [3.05, 3.63) is 168 Å². The predicted octanol–water partition coefficient (Wildman–Crippen LogP) is 8.87. The van der Waals surface area contributed by atoms with Crippen molar-refractivity contribution in [3.8, 4) is 11.5 Å². The van der Waals surface area contributed by atoms with Gasteiger partial charge in [0.1, 0.15) is 11.5 Å². The minimum Gasteiger partial charge on any atom is -0.496 e. The Morgan fingerprint density at radius 3 is 0.980 bits per heavy atom. The monoisotopic (exact) mass is 704 g/mol. The summed E-state index contributed by atoms with van der Waals surface area (Å²) in [5.41, 5.74) is 5.44. The molecular weight excluding hydrogens is 658 g/mol. The van der Waals surface area contributed by atoms with E-state index in [1.165, 1.54) is 54.1 Å². The molecule has 0 heterocycles. The van der Waals surface area contributed by atoms with Gasteiger partial charge in [0.25, 0.3) is 0 Å². The van der Waals surface area contributed by atoms with Gasteiger partial charge in [-0.25, -0.2) is 0 Å². The molecule has 0 N–H and O–H groups in total. The summed E-state index contributed by atoms with van der Waals surface area (Å²) in [4.78, 5) is 0. The van der Waals surface area contributed by atoms with Crippen LogP contribution in [0.4, 0.5) is 0 Å². The van der Waals surface area contributed by atoms with E-state index in [0.29, 0.717) is 0 Å². The van der Waals surface area contributed by atoms with Crippen LogP contribution < -0.4 is 41.3 Å². The average molecular weight is 705 g/mol. The third-order valence-electron chi connectivity index (χ3n) is 11.1. The van der Waals surface area contributed by atoms with Crippen molar-refractivity contribution in [3.63, 3.8) is 0 Å². The van der Waals surface area contributed by atoms with Gasteiger partial charge in [0.2, 0.25) is 0 Å². The summed E-state index contributed by atoms with van der Waals surface area (Å²) >= 11 is 0. The van der Waals surface area contributed by atoms with E-state index in [1.807, 2.05) is 14.2 Å². The van der Waals surface area contributed by atoms with E-state index in [2.05, 4.69) is 173 Å². The summed E-state index contributed by atoms with van der Waals surface area (Å²) in [6.07, 6.45) is 2.04. The van der Waals surface area contributed by atoms with Crippen molar-refractivity contribution in [1.82, 2.24) is 0 Å². The Hall–Kier alpha value is -4.22. The Kier molecular flexibility index (Phi) is 8.69. The second-order valence-electron chi connectivity index (χ2n) is 15.3. The van der Waals surface area contributed by atoms with Crippen LogP contribution in [-0.2, 0) is 16.2 Å². The summed E-state index contributed by atoms with van der Waals surface area (Å²) in [6.45, 7) is 9.86. The zero-order valence-corrected chi connectivity index (χ0v) is 32.3. The maximum absolute atomic E-state index is 6.46. The van der Waals surface area contributed by atoms with Crippen LogP contribution in [0.3, 0.4) is 0 Å². The molecule has 256 valence electrons. The summed E-state index contributed by atoms with van der Waals surface area (Å²) in [5.74, 6) is 1.96. The number of rotatable bonds is 8. The molecule has 0 saturated carbocycles. The van der Waals surface area contributed by atoms with Crippen LogP contribution >= 0.6 is 15.8 Å².